The fourth-order valence-electron chi connectivity index (χ4n) is 2.74. The number of cyclic esters (lactones) is 1. The van der Waals surface area contributed by atoms with Crippen molar-refractivity contribution >= 4 is 46.8 Å². The molecule has 10 heteroatoms. The van der Waals surface area contributed by atoms with E-state index in [1.54, 1.807) is 12.1 Å². The first kappa shape index (κ1) is 23.3. The lowest BCUT2D eigenvalue weighted by molar-refractivity contribution is -0.384. The Morgan fingerprint density at radius 1 is 1.25 bits per heavy atom. The first-order valence-electron chi connectivity index (χ1n) is 9.40. The molecule has 2 aromatic carbocycles. The van der Waals surface area contributed by atoms with Gasteiger partial charge in [0, 0.05) is 12.1 Å². The van der Waals surface area contributed by atoms with E-state index in [9.17, 15) is 14.9 Å². The summed E-state index contributed by atoms with van der Waals surface area (Å²) in [5.41, 5.74) is 1.42. The number of hydrogen-bond donors (Lipinski definition) is 0. The molecule has 0 aliphatic carbocycles. The molecule has 0 saturated heterocycles. The van der Waals surface area contributed by atoms with Crippen molar-refractivity contribution in [3.05, 3.63) is 79.5 Å². The van der Waals surface area contributed by atoms with Crippen LogP contribution in [-0.2, 0) is 9.53 Å². The molecule has 1 heterocycles. The van der Waals surface area contributed by atoms with E-state index >= 15 is 0 Å². The fraction of sp³-hybridized carbons (Fsp3) is 0.182. The van der Waals surface area contributed by atoms with Gasteiger partial charge in [0.2, 0.25) is 5.90 Å². The molecular weight excluding hydrogens is 459 g/mol. The number of carbonyl (C=O) groups is 1. The Bertz CT molecular complexity index is 1170. The lowest BCUT2D eigenvalue weighted by Gasteiger charge is -2.14. The molecule has 1 aliphatic heterocycles. The summed E-state index contributed by atoms with van der Waals surface area (Å²) in [6.45, 7) is 8.09. The normalized spacial score (nSPS) is 14.2. The van der Waals surface area contributed by atoms with Gasteiger partial charge in [-0.25, -0.2) is 9.79 Å². The van der Waals surface area contributed by atoms with Crippen molar-refractivity contribution in [2.45, 2.75) is 13.8 Å². The maximum atomic E-state index is 12.3. The highest BCUT2D eigenvalue weighted by atomic mass is 35.5. The molecule has 8 nitrogen and oxygen atoms in total. The zero-order chi connectivity index (χ0) is 23.4. The van der Waals surface area contributed by atoms with Crippen molar-refractivity contribution in [3.8, 4) is 11.5 Å². The van der Waals surface area contributed by atoms with Crippen molar-refractivity contribution in [3.63, 3.8) is 0 Å². The zero-order valence-electron chi connectivity index (χ0n) is 17.2. The standard InChI is InChI=1S/C22H18Cl2N2O6/c1-4-30-19-9-13(7-17(24)20(19)31-11-12(2)3)8-18-22(27)32-21(25-18)15-6-5-14(26(28)29)10-16(15)23/h5-10H,2,4,11H2,1,3H3/b18-8-. The van der Waals surface area contributed by atoms with Gasteiger partial charge in [0.25, 0.3) is 5.69 Å². The maximum absolute atomic E-state index is 12.3. The lowest BCUT2D eigenvalue weighted by Crippen LogP contribution is -2.06. The molecule has 0 spiro atoms. The van der Waals surface area contributed by atoms with Crippen molar-refractivity contribution in [2.75, 3.05) is 13.2 Å². The Morgan fingerprint density at radius 3 is 2.62 bits per heavy atom. The minimum absolute atomic E-state index is 0.00328. The Morgan fingerprint density at radius 2 is 2.00 bits per heavy atom. The molecule has 0 aromatic heterocycles. The molecule has 32 heavy (non-hydrogen) atoms. The number of halogens is 2. The molecule has 0 bridgehead atoms. The van der Waals surface area contributed by atoms with Crippen LogP contribution < -0.4 is 9.47 Å². The predicted molar refractivity (Wildman–Crippen MR) is 122 cm³/mol. The molecule has 0 fully saturated rings. The molecule has 1 aliphatic rings. The summed E-state index contributed by atoms with van der Waals surface area (Å²) in [7, 11) is 0. The largest absolute Gasteiger partial charge is 0.490 e. The summed E-state index contributed by atoms with van der Waals surface area (Å²) in [4.78, 5) is 26.8. The number of nitro groups is 1. The van der Waals surface area contributed by atoms with Crippen LogP contribution in [0.1, 0.15) is 25.0 Å². The second-order valence-corrected chi connectivity index (χ2v) is 7.58. The Kier molecular flexibility index (Phi) is 7.17. The number of esters is 1. The first-order chi connectivity index (χ1) is 15.2. The number of non-ortho nitro benzene ring substituents is 1. The highest BCUT2D eigenvalue weighted by Crippen LogP contribution is 2.38. The van der Waals surface area contributed by atoms with E-state index in [1.165, 1.54) is 18.2 Å². The van der Waals surface area contributed by atoms with Crippen molar-refractivity contribution in [1.29, 1.82) is 0 Å². The van der Waals surface area contributed by atoms with Gasteiger partial charge < -0.3 is 14.2 Å². The van der Waals surface area contributed by atoms with Gasteiger partial charge in [-0.1, -0.05) is 29.8 Å². The molecule has 0 radical (unpaired) electrons. The van der Waals surface area contributed by atoms with E-state index in [2.05, 4.69) is 11.6 Å². The van der Waals surface area contributed by atoms with E-state index in [0.29, 0.717) is 23.7 Å². The van der Waals surface area contributed by atoms with Crippen LogP contribution >= 0.6 is 23.2 Å². The number of benzene rings is 2. The van der Waals surface area contributed by atoms with Crippen LogP contribution in [0, 0.1) is 10.1 Å². The van der Waals surface area contributed by atoms with Gasteiger partial charge in [0.05, 0.1) is 27.1 Å². The maximum Gasteiger partial charge on any atom is 0.363 e. The topological polar surface area (TPSA) is 100 Å². The van der Waals surface area contributed by atoms with Crippen LogP contribution in [-0.4, -0.2) is 30.0 Å². The number of rotatable bonds is 8. The van der Waals surface area contributed by atoms with Crippen LogP contribution in [0.4, 0.5) is 5.69 Å². The molecule has 0 N–H and O–H groups in total. The Labute approximate surface area is 193 Å². The van der Waals surface area contributed by atoms with Gasteiger partial charge in [0.1, 0.15) is 6.61 Å². The average molecular weight is 477 g/mol. The van der Waals surface area contributed by atoms with Gasteiger partial charge in [-0.05, 0) is 49.3 Å². The van der Waals surface area contributed by atoms with Crippen LogP contribution in [0.3, 0.4) is 0 Å². The smallest absolute Gasteiger partial charge is 0.363 e. The molecule has 0 saturated carbocycles. The summed E-state index contributed by atoms with van der Waals surface area (Å²) in [5, 5.41) is 11.2. The third-order valence-electron chi connectivity index (χ3n) is 4.11. The fourth-order valence-corrected chi connectivity index (χ4v) is 3.27. The number of nitrogens with zero attached hydrogens (tertiary/aromatic N) is 2. The second-order valence-electron chi connectivity index (χ2n) is 6.77. The van der Waals surface area contributed by atoms with E-state index in [-0.39, 0.29) is 39.5 Å². The number of carbonyl (C=O) groups excluding carboxylic acids is 1. The summed E-state index contributed by atoms with van der Waals surface area (Å²) in [6, 6.07) is 7.04. The molecule has 3 rings (SSSR count). The number of aliphatic imine (C=N–C) groups is 1. The average Bonchev–Trinajstić information content (AvgIpc) is 3.07. The number of hydrogen-bond acceptors (Lipinski definition) is 7. The summed E-state index contributed by atoms with van der Waals surface area (Å²) < 4.78 is 16.5. The molecule has 0 atom stereocenters. The van der Waals surface area contributed by atoms with Gasteiger partial charge in [-0.15, -0.1) is 0 Å². The van der Waals surface area contributed by atoms with E-state index < -0.39 is 10.9 Å². The minimum Gasteiger partial charge on any atom is -0.490 e. The van der Waals surface area contributed by atoms with Crippen molar-refractivity contribution < 1.29 is 23.9 Å². The summed E-state index contributed by atoms with van der Waals surface area (Å²) in [6.07, 6.45) is 1.48. The minimum atomic E-state index is -0.703. The molecule has 2 aromatic rings. The predicted octanol–water partition coefficient (Wildman–Crippen LogP) is 5.60. The molecule has 0 amide bonds. The summed E-state index contributed by atoms with van der Waals surface area (Å²) >= 11 is 12.5. The van der Waals surface area contributed by atoms with Crippen molar-refractivity contribution in [2.24, 2.45) is 4.99 Å². The summed E-state index contributed by atoms with van der Waals surface area (Å²) in [5.74, 6) is 0.0152. The van der Waals surface area contributed by atoms with Crippen LogP contribution in [0.5, 0.6) is 11.5 Å². The highest BCUT2D eigenvalue weighted by Gasteiger charge is 2.27. The monoisotopic (exact) mass is 476 g/mol. The zero-order valence-corrected chi connectivity index (χ0v) is 18.7. The van der Waals surface area contributed by atoms with Gasteiger partial charge in [-0.3, -0.25) is 10.1 Å². The SMILES string of the molecule is C=C(C)COc1c(Cl)cc(/C=C2\N=C(c3ccc([N+](=O)[O-])cc3Cl)OC2=O)cc1OCC. The Balaban J connectivity index is 1.95. The molecular formula is C22H18Cl2N2O6. The van der Waals surface area contributed by atoms with E-state index in [4.69, 9.17) is 37.4 Å². The number of nitro benzene ring substituents is 1. The third-order valence-corrected chi connectivity index (χ3v) is 4.71. The quantitative estimate of drug-likeness (QED) is 0.161. The van der Waals surface area contributed by atoms with Gasteiger partial charge in [-0.2, -0.15) is 0 Å². The third kappa shape index (κ3) is 5.27. The molecule has 0 unspecified atom stereocenters. The van der Waals surface area contributed by atoms with Gasteiger partial charge in [0.15, 0.2) is 17.2 Å². The Hall–Kier alpha value is -3.36. The van der Waals surface area contributed by atoms with Crippen LogP contribution in [0.15, 0.2) is 53.2 Å². The van der Waals surface area contributed by atoms with E-state index in [1.807, 2.05) is 13.8 Å². The highest BCUT2D eigenvalue weighted by molar-refractivity contribution is 6.35. The lowest BCUT2D eigenvalue weighted by atomic mass is 10.1. The van der Waals surface area contributed by atoms with Crippen molar-refractivity contribution in [1.82, 2.24) is 0 Å². The molecule has 166 valence electrons. The second kappa shape index (κ2) is 9.84. The van der Waals surface area contributed by atoms with Crippen LogP contribution in [0.2, 0.25) is 10.0 Å². The first-order valence-corrected chi connectivity index (χ1v) is 10.2. The van der Waals surface area contributed by atoms with E-state index in [0.717, 1.165) is 11.6 Å². The number of ether oxygens (including phenoxy) is 3. The van der Waals surface area contributed by atoms with Gasteiger partial charge >= 0.3 is 5.97 Å². The van der Waals surface area contributed by atoms with Crippen LogP contribution in [0.25, 0.3) is 6.08 Å².